The van der Waals surface area contributed by atoms with E-state index >= 15 is 0 Å². The summed E-state index contributed by atoms with van der Waals surface area (Å²) in [6.45, 7) is 0. The molecule has 2 nitrogen and oxygen atoms in total. The molecule has 0 saturated heterocycles. The van der Waals surface area contributed by atoms with Gasteiger partial charge in [-0.3, -0.25) is 4.79 Å². The number of amides is 1. The summed E-state index contributed by atoms with van der Waals surface area (Å²) < 4.78 is -0.261. The summed E-state index contributed by atoms with van der Waals surface area (Å²) in [5.41, 5.74) is 1.04. The van der Waals surface area contributed by atoms with E-state index in [-0.39, 0.29) is 10.7 Å². The van der Waals surface area contributed by atoms with Gasteiger partial charge in [0.05, 0.1) is 5.69 Å². The Morgan fingerprint density at radius 1 is 1.25 bits per heavy atom. The molecule has 3 rings (SSSR count). The SMILES string of the molecule is CN1C(=O)C2(CC=CC2)Sc2ccccc21. The molecule has 0 N–H and O–H groups in total. The van der Waals surface area contributed by atoms with Crippen molar-refractivity contribution >= 4 is 23.4 Å². The van der Waals surface area contributed by atoms with Gasteiger partial charge in [-0.05, 0) is 25.0 Å². The molecule has 2 aliphatic rings. The molecule has 1 heterocycles. The number of fused-ring (bicyclic) bond motifs is 1. The molecule has 0 fully saturated rings. The van der Waals surface area contributed by atoms with Gasteiger partial charge in [-0.1, -0.05) is 24.3 Å². The van der Waals surface area contributed by atoms with E-state index in [1.54, 1.807) is 16.7 Å². The maximum absolute atomic E-state index is 12.4. The average molecular weight is 231 g/mol. The molecule has 0 aromatic heterocycles. The molecular formula is C13H13NOS. The van der Waals surface area contributed by atoms with Crippen LogP contribution in [0.5, 0.6) is 0 Å². The van der Waals surface area contributed by atoms with Gasteiger partial charge in [0.1, 0.15) is 4.75 Å². The van der Waals surface area contributed by atoms with Crippen LogP contribution in [0.25, 0.3) is 0 Å². The summed E-state index contributed by atoms with van der Waals surface area (Å²) in [6.07, 6.45) is 5.95. The molecule has 82 valence electrons. The molecule has 1 amide bonds. The number of carbonyl (C=O) groups is 1. The Morgan fingerprint density at radius 2 is 1.94 bits per heavy atom. The van der Waals surface area contributed by atoms with E-state index in [1.165, 1.54) is 4.90 Å². The Kier molecular flexibility index (Phi) is 2.11. The van der Waals surface area contributed by atoms with Crippen LogP contribution in [-0.4, -0.2) is 17.7 Å². The summed E-state index contributed by atoms with van der Waals surface area (Å²) in [6, 6.07) is 8.12. The molecule has 1 aliphatic carbocycles. The third-order valence-electron chi connectivity index (χ3n) is 3.29. The van der Waals surface area contributed by atoms with Crippen molar-refractivity contribution < 1.29 is 4.79 Å². The Morgan fingerprint density at radius 3 is 2.69 bits per heavy atom. The van der Waals surface area contributed by atoms with E-state index in [0.717, 1.165) is 18.5 Å². The number of hydrogen-bond donors (Lipinski definition) is 0. The van der Waals surface area contributed by atoms with Crippen LogP contribution in [0.4, 0.5) is 5.69 Å². The number of benzene rings is 1. The van der Waals surface area contributed by atoms with E-state index in [2.05, 4.69) is 18.2 Å². The van der Waals surface area contributed by atoms with Gasteiger partial charge in [-0.2, -0.15) is 0 Å². The monoisotopic (exact) mass is 231 g/mol. The Bertz CT molecular complexity index is 473. The number of para-hydroxylation sites is 1. The lowest BCUT2D eigenvalue weighted by atomic mass is 10.0. The van der Waals surface area contributed by atoms with Crippen LogP contribution in [0.15, 0.2) is 41.3 Å². The molecule has 3 heteroatoms. The van der Waals surface area contributed by atoms with Crippen LogP contribution in [0.1, 0.15) is 12.8 Å². The van der Waals surface area contributed by atoms with Gasteiger partial charge in [0.15, 0.2) is 0 Å². The maximum atomic E-state index is 12.4. The standard InChI is InChI=1S/C13H13NOS/c1-14-10-6-2-3-7-11(10)16-13(12(14)15)8-4-5-9-13/h2-7H,8-9H2,1H3. The van der Waals surface area contributed by atoms with Crippen LogP contribution < -0.4 is 4.90 Å². The second kappa shape index (κ2) is 3.39. The third-order valence-corrected chi connectivity index (χ3v) is 4.75. The Labute approximate surface area is 99.3 Å². The maximum Gasteiger partial charge on any atom is 0.243 e. The highest BCUT2D eigenvalue weighted by molar-refractivity contribution is 8.01. The van der Waals surface area contributed by atoms with Gasteiger partial charge in [-0.25, -0.2) is 0 Å². The van der Waals surface area contributed by atoms with Crippen LogP contribution in [0, 0.1) is 0 Å². The molecule has 1 spiro atoms. The summed E-state index contributed by atoms with van der Waals surface area (Å²) in [5, 5.41) is 0. The molecule has 0 radical (unpaired) electrons. The first-order chi connectivity index (χ1) is 7.73. The van der Waals surface area contributed by atoms with Crippen molar-refractivity contribution in [2.75, 3.05) is 11.9 Å². The third kappa shape index (κ3) is 1.24. The highest BCUT2D eigenvalue weighted by Crippen LogP contribution is 2.50. The van der Waals surface area contributed by atoms with Gasteiger partial charge in [0.25, 0.3) is 0 Å². The highest BCUT2D eigenvalue weighted by Gasteiger charge is 2.45. The Balaban J connectivity index is 2.09. The van der Waals surface area contributed by atoms with E-state index < -0.39 is 0 Å². The molecule has 0 bridgehead atoms. The molecule has 0 unspecified atom stereocenters. The van der Waals surface area contributed by atoms with Gasteiger partial charge in [-0.15, -0.1) is 11.8 Å². The molecule has 1 aromatic carbocycles. The number of hydrogen-bond acceptors (Lipinski definition) is 2. The van der Waals surface area contributed by atoms with E-state index in [4.69, 9.17) is 0 Å². The molecular weight excluding hydrogens is 218 g/mol. The summed E-state index contributed by atoms with van der Waals surface area (Å²) in [7, 11) is 1.88. The van der Waals surface area contributed by atoms with Gasteiger partial charge in [0, 0.05) is 11.9 Å². The van der Waals surface area contributed by atoms with Crippen molar-refractivity contribution in [2.24, 2.45) is 0 Å². The van der Waals surface area contributed by atoms with Crippen molar-refractivity contribution in [3.8, 4) is 0 Å². The van der Waals surface area contributed by atoms with Crippen molar-refractivity contribution in [1.82, 2.24) is 0 Å². The largest absolute Gasteiger partial charge is 0.313 e. The normalized spacial score (nSPS) is 21.6. The minimum atomic E-state index is -0.261. The van der Waals surface area contributed by atoms with Crippen molar-refractivity contribution in [1.29, 1.82) is 0 Å². The number of rotatable bonds is 0. The molecule has 0 saturated carbocycles. The minimum Gasteiger partial charge on any atom is -0.313 e. The summed E-state index contributed by atoms with van der Waals surface area (Å²) in [5.74, 6) is 0.237. The van der Waals surface area contributed by atoms with Crippen LogP contribution in [0.2, 0.25) is 0 Å². The number of nitrogens with zero attached hydrogens (tertiary/aromatic N) is 1. The number of allylic oxidation sites excluding steroid dienone is 2. The zero-order chi connectivity index (χ0) is 11.2. The zero-order valence-electron chi connectivity index (χ0n) is 9.14. The van der Waals surface area contributed by atoms with Crippen molar-refractivity contribution in [3.05, 3.63) is 36.4 Å². The first kappa shape index (κ1) is 9.97. The fraction of sp³-hybridized carbons (Fsp3) is 0.308. The molecule has 16 heavy (non-hydrogen) atoms. The second-order valence-electron chi connectivity index (χ2n) is 4.31. The number of thioether (sulfide) groups is 1. The molecule has 0 atom stereocenters. The smallest absolute Gasteiger partial charge is 0.243 e. The highest BCUT2D eigenvalue weighted by atomic mass is 32.2. The van der Waals surface area contributed by atoms with E-state index in [1.807, 2.05) is 25.2 Å². The second-order valence-corrected chi connectivity index (χ2v) is 5.73. The lowest BCUT2D eigenvalue weighted by molar-refractivity contribution is -0.120. The van der Waals surface area contributed by atoms with Crippen molar-refractivity contribution in [2.45, 2.75) is 22.5 Å². The van der Waals surface area contributed by atoms with Gasteiger partial charge < -0.3 is 4.90 Å². The predicted molar refractivity (Wildman–Crippen MR) is 66.8 cm³/mol. The lowest BCUT2D eigenvalue weighted by Crippen LogP contribution is -2.46. The van der Waals surface area contributed by atoms with E-state index in [9.17, 15) is 4.79 Å². The van der Waals surface area contributed by atoms with Crippen LogP contribution >= 0.6 is 11.8 Å². The number of carbonyl (C=O) groups excluding carboxylic acids is 1. The average Bonchev–Trinajstić information content (AvgIpc) is 2.76. The quantitative estimate of drug-likeness (QED) is 0.640. The van der Waals surface area contributed by atoms with E-state index in [0.29, 0.717) is 0 Å². The fourth-order valence-electron chi connectivity index (χ4n) is 2.38. The van der Waals surface area contributed by atoms with Crippen LogP contribution in [0.3, 0.4) is 0 Å². The fourth-order valence-corrected chi connectivity index (χ4v) is 3.84. The molecule has 1 aliphatic heterocycles. The predicted octanol–water partition coefficient (Wildman–Crippen LogP) is 2.84. The van der Waals surface area contributed by atoms with Gasteiger partial charge >= 0.3 is 0 Å². The zero-order valence-corrected chi connectivity index (χ0v) is 9.96. The molecule has 1 aromatic rings. The first-order valence-electron chi connectivity index (χ1n) is 5.44. The van der Waals surface area contributed by atoms with Crippen molar-refractivity contribution in [3.63, 3.8) is 0 Å². The topological polar surface area (TPSA) is 20.3 Å². The lowest BCUT2D eigenvalue weighted by Gasteiger charge is -2.38. The van der Waals surface area contributed by atoms with Gasteiger partial charge in [0.2, 0.25) is 5.91 Å². The number of anilines is 1. The Hall–Kier alpha value is -1.22. The minimum absolute atomic E-state index is 0.237. The first-order valence-corrected chi connectivity index (χ1v) is 6.26. The summed E-state index contributed by atoms with van der Waals surface area (Å²) in [4.78, 5) is 15.4. The van der Waals surface area contributed by atoms with Crippen LogP contribution in [-0.2, 0) is 4.79 Å². The summed E-state index contributed by atoms with van der Waals surface area (Å²) >= 11 is 1.73.